The third-order valence-electron chi connectivity index (χ3n) is 4.63. The van der Waals surface area contributed by atoms with E-state index >= 15 is 0 Å². The number of halogens is 2. The largest absolute Gasteiger partial charge is 0.435 e. The highest BCUT2D eigenvalue weighted by Crippen LogP contribution is 2.21. The number of rotatable bonds is 6. The van der Waals surface area contributed by atoms with E-state index in [-0.39, 0.29) is 17.7 Å². The van der Waals surface area contributed by atoms with Crippen LogP contribution < -0.4 is 10.1 Å². The first-order valence-corrected chi connectivity index (χ1v) is 9.10. The van der Waals surface area contributed by atoms with Gasteiger partial charge in [0.2, 0.25) is 0 Å². The zero-order chi connectivity index (χ0) is 19.1. The van der Waals surface area contributed by atoms with Crippen molar-refractivity contribution in [3.63, 3.8) is 0 Å². The van der Waals surface area contributed by atoms with Gasteiger partial charge in [-0.3, -0.25) is 9.78 Å². The molecule has 1 atom stereocenters. The molecule has 3 rings (SSSR count). The Labute approximate surface area is 157 Å². The van der Waals surface area contributed by atoms with E-state index < -0.39 is 6.61 Å². The van der Waals surface area contributed by atoms with E-state index in [2.05, 4.69) is 15.0 Å². The molecule has 1 aliphatic heterocycles. The predicted molar refractivity (Wildman–Crippen MR) is 97.7 cm³/mol. The molecule has 7 heteroatoms. The average molecular weight is 375 g/mol. The second kappa shape index (κ2) is 9.41. The number of amides is 1. The molecule has 0 saturated carbocycles. The maximum atomic E-state index is 13.2. The molecule has 0 aliphatic carbocycles. The van der Waals surface area contributed by atoms with E-state index in [0.29, 0.717) is 12.1 Å². The smallest absolute Gasteiger partial charge is 0.387 e. The number of hydrogen-bond acceptors (Lipinski definition) is 4. The first-order chi connectivity index (χ1) is 13.1. The molecular weight excluding hydrogens is 352 g/mol. The number of pyridine rings is 1. The summed E-state index contributed by atoms with van der Waals surface area (Å²) < 4.78 is 29.0. The summed E-state index contributed by atoms with van der Waals surface area (Å²) in [6.45, 7) is -0.662. The topological polar surface area (TPSA) is 54.5 Å². The monoisotopic (exact) mass is 375 g/mol. The third kappa shape index (κ3) is 5.47. The van der Waals surface area contributed by atoms with E-state index in [1.54, 1.807) is 6.20 Å². The number of aromatic nitrogens is 1. The molecule has 0 spiro atoms. The van der Waals surface area contributed by atoms with Crippen molar-refractivity contribution in [2.24, 2.45) is 0 Å². The van der Waals surface area contributed by atoms with Gasteiger partial charge < -0.3 is 15.0 Å². The number of hydrogen-bond donors (Lipinski definition) is 1. The van der Waals surface area contributed by atoms with Gasteiger partial charge in [0.15, 0.2) is 0 Å². The summed E-state index contributed by atoms with van der Waals surface area (Å²) in [4.78, 5) is 19.4. The van der Waals surface area contributed by atoms with Gasteiger partial charge in [-0.15, -0.1) is 0 Å². The lowest BCUT2D eigenvalue weighted by Crippen LogP contribution is -2.40. The first kappa shape index (κ1) is 19.2. The Kier molecular flexibility index (Phi) is 6.70. The summed E-state index contributed by atoms with van der Waals surface area (Å²) in [5.74, 6) is -0.0901. The highest BCUT2D eigenvalue weighted by molar-refractivity contribution is 5.94. The fourth-order valence-electron chi connectivity index (χ4n) is 3.29. The highest BCUT2D eigenvalue weighted by atomic mass is 19.3. The van der Waals surface area contributed by atoms with Crippen molar-refractivity contribution in [2.75, 3.05) is 13.1 Å². The molecule has 1 amide bonds. The quantitative estimate of drug-likeness (QED) is 0.840. The number of nitrogens with one attached hydrogen (secondary N) is 1. The molecule has 1 aromatic heterocycles. The molecule has 2 heterocycles. The van der Waals surface area contributed by atoms with Gasteiger partial charge in [-0.05, 0) is 68.8 Å². The predicted octanol–water partition coefficient (Wildman–Crippen LogP) is 3.47. The number of ether oxygens (including phenoxy) is 1. The lowest BCUT2D eigenvalue weighted by Gasteiger charge is -2.31. The van der Waals surface area contributed by atoms with Crippen LogP contribution in [0.5, 0.6) is 5.75 Å². The zero-order valence-corrected chi connectivity index (χ0v) is 15.0. The number of alkyl halides is 2. The van der Waals surface area contributed by atoms with Crippen LogP contribution in [0.1, 0.15) is 35.3 Å². The van der Waals surface area contributed by atoms with Crippen LogP contribution in [0.15, 0.2) is 48.7 Å². The highest BCUT2D eigenvalue weighted by Gasteiger charge is 2.26. The lowest BCUT2D eigenvalue weighted by atomic mass is 10.0. The Hall–Kier alpha value is -2.54. The maximum absolute atomic E-state index is 13.2. The van der Waals surface area contributed by atoms with Crippen molar-refractivity contribution >= 4 is 5.91 Å². The summed E-state index contributed by atoms with van der Waals surface area (Å²) >= 11 is 0. The molecule has 1 fully saturated rings. The number of nitrogens with zero attached hydrogens (tertiary/aromatic N) is 2. The fourth-order valence-corrected chi connectivity index (χ4v) is 3.29. The van der Waals surface area contributed by atoms with E-state index in [4.69, 9.17) is 0 Å². The molecule has 1 saturated heterocycles. The number of carbonyl (C=O) groups excluding carboxylic acids is 1. The molecule has 1 aromatic carbocycles. The summed E-state index contributed by atoms with van der Waals surface area (Å²) in [5, 5.41) is 3.36. The van der Waals surface area contributed by atoms with E-state index in [9.17, 15) is 13.6 Å². The van der Waals surface area contributed by atoms with Crippen LogP contribution in [0.25, 0.3) is 0 Å². The van der Waals surface area contributed by atoms with Crippen molar-refractivity contribution in [2.45, 2.75) is 38.5 Å². The van der Waals surface area contributed by atoms with Crippen LogP contribution in [-0.4, -0.2) is 41.5 Å². The Morgan fingerprint density at radius 1 is 1.19 bits per heavy atom. The van der Waals surface area contributed by atoms with E-state index in [0.717, 1.165) is 38.0 Å². The third-order valence-corrected chi connectivity index (χ3v) is 4.63. The molecule has 1 unspecified atom stereocenters. The van der Waals surface area contributed by atoms with Gasteiger partial charge in [-0.2, -0.15) is 8.78 Å². The molecule has 27 heavy (non-hydrogen) atoms. The summed E-state index contributed by atoms with van der Waals surface area (Å²) in [6.07, 6.45) is 4.49. The lowest BCUT2D eigenvalue weighted by molar-refractivity contribution is -0.0498. The van der Waals surface area contributed by atoms with Crippen molar-refractivity contribution in [1.82, 2.24) is 15.2 Å². The molecule has 0 bridgehead atoms. The van der Waals surface area contributed by atoms with E-state index in [1.165, 1.54) is 24.3 Å². The average Bonchev–Trinajstić information content (AvgIpc) is 2.96. The van der Waals surface area contributed by atoms with Crippen LogP contribution in [0.4, 0.5) is 8.78 Å². The summed E-state index contributed by atoms with van der Waals surface area (Å²) in [7, 11) is 0. The molecule has 1 aliphatic rings. The Balaban J connectivity index is 1.80. The van der Waals surface area contributed by atoms with Crippen molar-refractivity contribution < 1.29 is 18.3 Å². The van der Waals surface area contributed by atoms with Gasteiger partial charge in [0.1, 0.15) is 5.75 Å². The second-order valence-electron chi connectivity index (χ2n) is 6.49. The van der Waals surface area contributed by atoms with Crippen LogP contribution >= 0.6 is 0 Å². The summed E-state index contributed by atoms with van der Waals surface area (Å²) in [5.41, 5.74) is 1.27. The van der Waals surface area contributed by atoms with Gasteiger partial charge in [-0.1, -0.05) is 6.07 Å². The minimum absolute atomic E-state index is 0.0384. The van der Waals surface area contributed by atoms with Crippen LogP contribution in [0.3, 0.4) is 0 Å². The minimum atomic E-state index is -2.88. The normalized spacial score (nSPS) is 17.4. The molecule has 0 radical (unpaired) electrons. The SMILES string of the molecule is O=C(c1ccc(OC(F)F)cc1)N(Cc1ccccn1)C1CCCNCC1. The van der Waals surface area contributed by atoms with Crippen LogP contribution in [-0.2, 0) is 6.54 Å². The summed E-state index contributed by atoms with van der Waals surface area (Å²) in [6, 6.07) is 11.6. The molecule has 1 N–H and O–H groups in total. The van der Waals surface area contributed by atoms with Gasteiger partial charge >= 0.3 is 6.61 Å². The number of benzene rings is 1. The second-order valence-corrected chi connectivity index (χ2v) is 6.49. The van der Waals surface area contributed by atoms with Crippen molar-refractivity contribution in [3.05, 3.63) is 59.9 Å². The molecule has 2 aromatic rings. The fraction of sp³-hybridized carbons (Fsp3) is 0.400. The van der Waals surface area contributed by atoms with Gasteiger partial charge in [0, 0.05) is 17.8 Å². The van der Waals surface area contributed by atoms with Gasteiger partial charge in [0.25, 0.3) is 5.91 Å². The Morgan fingerprint density at radius 3 is 2.70 bits per heavy atom. The minimum Gasteiger partial charge on any atom is -0.435 e. The van der Waals surface area contributed by atoms with Gasteiger partial charge in [-0.25, -0.2) is 0 Å². The van der Waals surface area contributed by atoms with Crippen LogP contribution in [0.2, 0.25) is 0 Å². The van der Waals surface area contributed by atoms with E-state index in [1.807, 2.05) is 23.1 Å². The first-order valence-electron chi connectivity index (χ1n) is 9.10. The Bertz CT molecular complexity index is 718. The molecular formula is C20H23F2N3O2. The molecule has 5 nitrogen and oxygen atoms in total. The zero-order valence-electron chi connectivity index (χ0n) is 15.0. The molecule has 144 valence electrons. The van der Waals surface area contributed by atoms with Crippen LogP contribution in [0, 0.1) is 0 Å². The maximum Gasteiger partial charge on any atom is 0.387 e. The Morgan fingerprint density at radius 2 is 2.00 bits per heavy atom. The van der Waals surface area contributed by atoms with Gasteiger partial charge in [0.05, 0.1) is 12.2 Å². The standard InChI is InChI=1S/C20H23F2N3O2/c21-20(22)27-18-8-6-15(7-9-18)19(26)25(14-16-4-1-2-12-24-16)17-5-3-11-23-13-10-17/h1-2,4,6-9,12,17,20,23H,3,5,10-11,13-14H2. The van der Waals surface area contributed by atoms with Crippen molar-refractivity contribution in [1.29, 1.82) is 0 Å². The number of carbonyl (C=O) groups is 1. The van der Waals surface area contributed by atoms with Crippen molar-refractivity contribution in [3.8, 4) is 5.75 Å².